The Morgan fingerprint density at radius 1 is 1.24 bits per heavy atom. The Balaban J connectivity index is 2.36. The number of ether oxygens (including phenoxy) is 1. The molecule has 1 aromatic heterocycles. The molecule has 1 aliphatic carbocycles. The van der Waals surface area contributed by atoms with E-state index in [9.17, 15) is 0 Å². The van der Waals surface area contributed by atoms with E-state index < -0.39 is 0 Å². The first kappa shape index (κ1) is 16.1. The second kappa shape index (κ2) is 7.16. The van der Waals surface area contributed by atoms with Crippen LogP contribution in [0.4, 0.5) is 0 Å². The minimum absolute atomic E-state index is 0.193. The number of thiocarbonyl (C=S) groups is 1. The smallest absolute Gasteiger partial charge is 0.244 e. The van der Waals surface area contributed by atoms with Gasteiger partial charge in [-0.05, 0) is 43.6 Å². The predicted molar refractivity (Wildman–Crippen MR) is 88.7 cm³/mol. The van der Waals surface area contributed by atoms with E-state index in [4.69, 9.17) is 22.7 Å². The Labute approximate surface area is 132 Å². The fourth-order valence-corrected chi connectivity index (χ4v) is 3.30. The molecule has 2 N–H and O–H groups in total. The van der Waals surface area contributed by atoms with Crippen molar-refractivity contribution in [2.75, 3.05) is 0 Å². The number of nitrogens with zero attached hydrogens (tertiary/aromatic N) is 2. The lowest BCUT2D eigenvalue weighted by atomic mass is 9.88. The quantitative estimate of drug-likeness (QED) is 0.847. The molecule has 1 saturated carbocycles. The van der Waals surface area contributed by atoms with Crippen molar-refractivity contribution in [3.63, 3.8) is 0 Å². The van der Waals surface area contributed by atoms with E-state index >= 15 is 0 Å². The summed E-state index contributed by atoms with van der Waals surface area (Å²) in [5.41, 5.74) is 8.77. The first-order chi connectivity index (χ1) is 10.1. The Morgan fingerprint density at radius 2 is 1.95 bits per heavy atom. The lowest BCUT2D eigenvalue weighted by molar-refractivity contribution is 0.0960. The summed E-state index contributed by atoms with van der Waals surface area (Å²) in [5.74, 6) is 1.06. The van der Waals surface area contributed by atoms with Crippen LogP contribution in [0.2, 0.25) is 0 Å². The van der Waals surface area contributed by atoms with Crippen molar-refractivity contribution in [2.45, 2.75) is 65.4 Å². The molecule has 0 amide bonds. The lowest BCUT2D eigenvalue weighted by Crippen LogP contribution is -2.30. The summed E-state index contributed by atoms with van der Waals surface area (Å²) in [6.07, 6.45) is 6.61. The van der Waals surface area contributed by atoms with Crippen LogP contribution >= 0.6 is 12.2 Å². The highest BCUT2D eigenvalue weighted by Gasteiger charge is 2.26. The van der Waals surface area contributed by atoms with Gasteiger partial charge in [-0.15, -0.1) is 5.10 Å². The highest BCUT2D eigenvalue weighted by Crippen LogP contribution is 2.30. The lowest BCUT2D eigenvalue weighted by Gasteiger charge is -2.29. The second-order valence-corrected chi connectivity index (χ2v) is 6.23. The van der Waals surface area contributed by atoms with Crippen molar-refractivity contribution >= 4 is 17.2 Å². The molecule has 0 spiro atoms. The fourth-order valence-electron chi connectivity index (χ4n) is 3.09. The van der Waals surface area contributed by atoms with Crippen LogP contribution in [0.25, 0.3) is 0 Å². The number of nitrogens with two attached hydrogens (primary N) is 1. The van der Waals surface area contributed by atoms with Gasteiger partial charge in [-0.25, -0.2) is 0 Å². The van der Waals surface area contributed by atoms with Gasteiger partial charge >= 0.3 is 0 Å². The number of hydrogen-bond donors (Lipinski definition) is 1. The Morgan fingerprint density at radius 3 is 2.52 bits per heavy atom. The predicted octanol–water partition coefficient (Wildman–Crippen LogP) is 3.19. The molecule has 0 saturated heterocycles. The number of aryl methyl sites for hydroxylation is 1. The average Bonchev–Trinajstić information content (AvgIpc) is 2.48. The third-order valence-electron chi connectivity index (χ3n) is 4.36. The van der Waals surface area contributed by atoms with E-state index in [0.29, 0.717) is 16.8 Å². The van der Waals surface area contributed by atoms with Crippen LogP contribution in [-0.2, 0) is 12.8 Å². The maximum atomic E-state index is 6.16. The Kier molecular flexibility index (Phi) is 5.51. The van der Waals surface area contributed by atoms with Crippen LogP contribution in [0.1, 0.15) is 63.3 Å². The van der Waals surface area contributed by atoms with Gasteiger partial charge in [-0.1, -0.05) is 39.4 Å². The van der Waals surface area contributed by atoms with Gasteiger partial charge in [0, 0.05) is 0 Å². The molecule has 2 unspecified atom stereocenters. The molecule has 0 aromatic carbocycles. The normalized spacial score (nSPS) is 22.0. The van der Waals surface area contributed by atoms with Crippen LogP contribution in [0, 0.1) is 5.92 Å². The first-order valence-corrected chi connectivity index (χ1v) is 8.34. The standard InChI is InChI=1S/C16H25N3OS/c1-4-11-12(5-2)18-19-16(14(11)15(17)21)20-13-9-7-6-8-10(13)3/h10,13H,4-9H2,1-3H3,(H2,17,21). The van der Waals surface area contributed by atoms with Gasteiger partial charge in [0.25, 0.3) is 0 Å². The molecule has 5 heteroatoms. The molecule has 1 aliphatic rings. The highest BCUT2D eigenvalue weighted by atomic mass is 32.1. The zero-order chi connectivity index (χ0) is 15.4. The molecule has 0 radical (unpaired) electrons. The number of hydrogen-bond acceptors (Lipinski definition) is 4. The van der Waals surface area contributed by atoms with Crippen LogP contribution in [0.3, 0.4) is 0 Å². The van der Waals surface area contributed by atoms with Crippen molar-refractivity contribution in [2.24, 2.45) is 11.7 Å². The fraction of sp³-hybridized carbons (Fsp3) is 0.688. The topological polar surface area (TPSA) is 61.0 Å². The van der Waals surface area contributed by atoms with E-state index in [1.54, 1.807) is 0 Å². The van der Waals surface area contributed by atoms with Gasteiger partial charge in [-0.3, -0.25) is 0 Å². The summed E-state index contributed by atoms with van der Waals surface area (Å²) in [4.78, 5) is 0.356. The van der Waals surface area contributed by atoms with Gasteiger partial charge < -0.3 is 10.5 Å². The van der Waals surface area contributed by atoms with E-state index in [0.717, 1.165) is 36.1 Å². The first-order valence-electron chi connectivity index (χ1n) is 7.93. The van der Waals surface area contributed by atoms with Gasteiger partial charge in [0.15, 0.2) is 0 Å². The number of aromatic nitrogens is 2. The molecule has 0 aliphatic heterocycles. The molecule has 2 atom stereocenters. The van der Waals surface area contributed by atoms with Gasteiger partial charge in [0.1, 0.15) is 11.1 Å². The molecule has 21 heavy (non-hydrogen) atoms. The van der Waals surface area contributed by atoms with Crippen LogP contribution < -0.4 is 10.5 Å². The van der Waals surface area contributed by atoms with Crippen LogP contribution in [0.5, 0.6) is 5.88 Å². The van der Waals surface area contributed by atoms with Crippen LogP contribution in [0.15, 0.2) is 0 Å². The van der Waals surface area contributed by atoms with Crippen molar-refractivity contribution in [1.82, 2.24) is 10.2 Å². The molecule has 1 fully saturated rings. The average molecular weight is 307 g/mol. The third-order valence-corrected chi connectivity index (χ3v) is 4.56. The minimum atomic E-state index is 0.193. The van der Waals surface area contributed by atoms with E-state index in [2.05, 4.69) is 31.0 Å². The SMILES string of the molecule is CCc1nnc(OC2CCCCC2C)c(C(N)=S)c1CC. The molecule has 1 heterocycles. The second-order valence-electron chi connectivity index (χ2n) is 5.79. The van der Waals surface area contributed by atoms with Crippen molar-refractivity contribution in [3.05, 3.63) is 16.8 Å². The largest absolute Gasteiger partial charge is 0.472 e. The summed E-state index contributed by atoms with van der Waals surface area (Å²) in [6.45, 7) is 6.39. The third kappa shape index (κ3) is 3.51. The minimum Gasteiger partial charge on any atom is -0.472 e. The summed E-state index contributed by atoms with van der Waals surface area (Å²) < 4.78 is 6.16. The van der Waals surface area contributed by atoms with E-state index in [-0.39, 0.29) is 6.10 Å². The van der Waals surface area contributed by atoms with Crippen molar-refractivity contribution in [3.8, 4) is 5.88 Å². The molecule has 2 rings (SSSR count). The summed E-state index contributed by atoms with van der Waals surface area (Å²) in [6, 6.07) is 0. The summed E-state index contributed by atoms with van der Waals surface area (Å²) in [5, 5.41) is 8.58. The molecule has 1 aromatic rings. The molecule has 0 bridgehead atoms. The maximum absolute atomic E-state index is 6.16. The molecular weight excluding hydrogens is 282 g/mol. The molecule has 116 valence electrons. The van der Waals surface area contributed by atoms with Gasteiger partial charge in [-0.2, -0.15) is 5.10 Å². The zero-order valence-electron chi connectivity index (χ0n) is 13.2. The number of rotatable bonds is 5. The van der Waals surface area contributed by atoms with E-state index in [1.165, 1.54) is 19.3 Å². The molecule has 4 nitrogen and oxygen atoms in total. The summed E-state index contributed by atoms with van der Waals surface area (Å²) in [7, 11) is 0. The van der Waals surface area contributed by atoms with Crippen LogP contribution in [-0.4, -0.2) is 21.3 Å². The van der Waals surface area contributed by atoms with Crippen molar-refractivity contribution in [1.29, 1.82) is 0 Å². The van der Waals surface area contributed by atoms with E-state index in [1.807, 2.05) is 0 Å². The maximum Gasteiger partial charge on any atom is 0.244 e. The molecular formula is C16H25N3OS. The van der Waals surface area contributed by atoms with Gasteiger partial charge in [0.2, 0.25) is 5.88 Å². The zero-order valence-corrected chi connectivity index (χ0v) is 14.0. The van der Waals surface area contributed by atoms with Crippen molar-refractivity contribution < 1.29 is 4.74 Å². The highest BCUT2D eigenvalue weighted by molar-refractivity contribution is 7.80. The monoisotopic (exact) mass is 307 g/mol. The van der Waals surface area contributed by atoms with Gasteiger partial charge in [0.05, 0.1) is 11.3 Å². The Bertz CT molecular complexity index is 518. The Hall–Kier alpha value is -1.23. The summed E-state index contributed by atoms with van der Waals surface area (Å²) >= 11 is 5.24.